The van der Waals surface area contributed by atoms with Gasteiger partial charge in [-0.3, -0.25) is 20.2 Å². The second-order valence-electron chi connectivity index (χ2n) is 5.22. The van der Waals surface area contributed by atoms with Crippen LogP contribution in [-0.4, -0.2) is 16.4 Å². The van der Waals surface area contributed by atoms with E-state index in [4.69, 9.17) is 4.74 Å². The summed E-state index contributed by atoms with van der Waals surface area (Å²) >= 11 is 0. The molecule has 0 amide bonds. The van der Waals surface area contributed by atoms with Crippen molar-refractivity contribution < 1.29 is 19.9 Å². The lowest BCUT2D eigenvalue weighted by Gasteiger charge is -2.09. The molecule has 8 heteroatoms. The largest absolute Gasteiger partial charge is 0.315 e. The Morgan fingerprint density at radius 1 is 0.957 bits per heavy atom. The highest BCUT2D eigenvalue weighted by molar-refractivity contribution is 5.36. The monoisotopic (exact) mass is 316 g/mol. The van der Waals surface area contributed by atoms with E-state index in [1.807, 2.05) is 5.32 Å². The Balaban J connectivity index is 1.74. The molecule has 0 saturated carbocycles. The van der Waals surface area contributed by atoms with Crippen LogP contribution in [0.25, 0.3) is 0 Å². The molecule has 1 fully saturated rings. The average Bonchev–Trinajstić information content (AvgIpc) is 3.05. The summed E-state index contributed by atoms with van der Waals surface area (Å²) in [6, 6.07) is 12.6. The molecule has 118 valence electrons. The molecule has 2 aromatic carbocycles. The van der Waals surface area contributed by atoms with Crippen LogP contribution in [-0.2, 0) is 4.74 Å². The van der Waals surface area contributed by atoms with Crippen LogP contribution in [0.15, 0.2) is 48.5 Å². The fourth-order valence-electron chi connectivity index (χ4n) is 2.59. The number of nitro benzene ring substituents is 2. The first-order valence-corrected chi connectivity index (χ1v) is 7.02. The van der Waals surface area contributed by atoms with Crippen LogP contribution >= 0.6 is 0 Å². The van der Waals surface area contributed by atoms with Gasteiger partial charge < -0.3 is 10.1 Å². The van der Waals surface area contributed by atoms with Gasteiger partial charge in [-0.25, -0.2) is 0 Å². The highest BCUT2D eigenvalue weighted by Crippen LogP contribution is 2.28. The van der Waals surface area contributed by atoms with Gasteiger partial charge in [-0.05, 0) is 23.8 Å². The zero-order valence-electron chi connectivity index (χ0n) is 12.0. The molecule has 1 aliphatic heterocycles. The summed E-state index contributed by atoms with van der Waals surface area (Å²) in [5.74, 6) is 0. The standard InChI is InChI=1S/C15H13N3O5/c19-17(20)12-6-4-10(5-7-12)14-9-16-15(23-14)11-2-1-3-13(8-11)18(21)22/h1-8,14-16H,9H2/p+1/t14-,15-/m1/s1. The number of nitrogens with two attached hydrogens (primary N) is 1. The third-order valence-electron chi connectivity index (χ3n) is 3.76. The van der Waals surface area contributed by atoms with Gasteiger partial charge in [-0.15, -0.1) is 0 Å². The molecule has 2 N–H and O–H groups in total. The Hall–Kier alpha value is -2.84. The lowest BCUT2D eigenvalue weighted by molar-refractivity contribution is -0.698. The molecule has 2 atom stereocenters. The highest BCUT2D eigenvalue weighted by atomic mass is 16.6. The smallest absolute Gasteiger partial charge is 0.270 e. The SMILES string of the molecule is O=[N+]([O-])c1ccc([C@H]2C[NH2+][C@@H](c3cccc([N+](=O)[O-])c3)O2)cc1. The van der Waals surface area contributed by atoms with E-state index in [0.29, 0.717) is 6.54 Å². The predicted octanol–water partition coefficient (Wildman–Crippen LogP) is 1.84. The first-order chi connectivity index (χ1) is 11.0. The first kappa shape index (κ1) is 15.1. The lowest BCUT2D eigenvalue weighted by Crippen LogP contribution is -2.82. The van der Waals surface area contributed by atoms with E-state index in [2.05, 4.69) is 0 Å². The number of quaternary nitrogens is 1. The van der Waals surface area contributed by atoms with Gasteiger partial charge in [-0.2, -0.15) is 0 Å². The lowest BCUT2D eigenvalue weighted by atomic mass is 10.1. The summed E-state index contributed by atoms with van der Waals surface area (Å²) < 4.78 is 5.92. The number of non-ortho nitro benzene ring substituents is 2. The van der Waals surface area contributed by atoms with Crippen molar-refractivity contribution in [1.82, 2.24) is 0 Å². The second-order valence-corrected chi connectivity index (χ2v) is 5.22. The molecule has 23 heavy (non-hydrogen) atoms. The molecule has 0 aromatic heterocycles. The van der Waals surface area contributed by atoms with E-state index >= 15 is 0 Å². The van der Waals surface area contributed by atoms with Crippen LogP contribution in [0, 0.1) is 20.2 Å². The number of hydrogen-bond acceptors (Lipinski definition) is 5. The van der Waals surface area contributed by atoms with Crippen molar-refractivity contribution in [3.05, 3.63) is 79.9 Å². The maximum atomic E-state index is 10.8. The summed E-state index contributed by atoms with van der Waals surface area (Å²) in [7, 11) is 0. The third-order valence-corrected chi connectivity index (χ3v) is 3.76. The Morgan fingerprint density at radius 3 is 2.30 bits per heavy atom. The van der Waals surface area contributed by atoms with Gasteiger partial charge in [0.15, 0.2) is 0 Å². The van der Waals surface area contributed by atoms with Crippen LogP contribution in [0.1, 0.15) is 23.5 Å². The third kappa shape index (κ3) is 3.17. The molecular weight excluding hydrogens is 302 g/mol. The number of rotatable bonds is 4. The van der Waals surface area contributed by atoms with Crippen LogP contribution in [0.3, 0.4) is 0 Å². The van der Waals surface area contributed by atoms with Crippen molar-refractivity contribution >= 4 is 11.4 Å². The van der Waals surface area contributed by atoms with Gasteiger partial charge in [0.2, 0.25) is 6.23 Å². The van der Waals surface area contributed by atoms with Crippen molar-refractivity contribution in [2.45, 2.75) is 12.3 Å². The number of ether oxygens (including phenoxy) is 1. The number of nitrogens with zero attached hydrogens (tertiary/aromatic N) is 2. The molecule has 1 aliphatic rings. The molecule has 1 saturated heterocycles. The average molecular weight is 316 g/mol. The highest BCUT2D eigenvalue weighted by Gasteiger charge is 2.32. The molecule has 0 aliphatic carbocycles. The van der Waals surface area contributed by atoms with Gasteiger partial charge in [0, 0.05) is 29.8 Å². The zero-order valence-corrected chi connectivity index (χ0v) is 12.0. The minimum atomic E-state index is -0.447. The van der Waals surface area contributed by atoms with E-state index in [0.717, 1.165) is 11.1 Å². The van der Waals surface area contributed by atoms with Crippen LogP contribution in [0.2, 0.25) is 0 Å². The predicted molar refractivity (Wildman–Crippen MR) is 79.6 cm³/mol. The Morgan fingerprint density at radius 2 is 1.65 bits per heavy atom. The Labute approximate surface area is 131 Å². The summed E-state index contributed by atoms with van der Waals surface area (Å²) in [5, 5.41) is 23.5. The molecule has 3 rings (SSSR count). The molecule has 0 unspecified atom stereocenters. The quantitative estimate of drug-likeness (QED) is 0.683. The van der Waals surface area contributed by atoms with Gasteiger partial charge in [-0.1, -0.05) is 6.07 Å². The van der Waals surface area contributed by atoms with Crippen molar-refractivity contribution in [2.24, 2.45) is 0 Å². The summed E-state index contributed by atoms with van der Waals surface area (Å²) in [6.07, 6.45) is -0.532. The fraction of sp³-hybridized carbons (Fsp3) is 0.200. The number of hydrogen-bond donors (Lipinski definition) is 1. The summed E-state index contributed by atoms with van der Waals surface area (Å²) in [4.78, 5) is 20.6. The zero-order chi connectivity index (χ0) is 16.4. The summed E-state index contributed by atoms with van der Waals surface area (Å²) in [6.45, 7) is 0.644. The Kier molecular flexibility index (Phi) is 4.00. The van der Waals surface area contributed by atoms with E-state index in [9.17, 15) is 20.2 Å². The molecule has 0 spiro atoms. The van der Waals surface area contributed by atoms with E-state index in [1.165, 1.54) is 24.3 Å². The van der Waals surface area contributed by atoms with Crippen molar-refractivity contribution in [2.75, 3.05) is 6.54 Å². The van der Waals surface area contributed by atoms with Crippen molar-refractivity contribution in [3.8, 4) is 0 Å². The number of benzene rings is 2. The first-order valence-electron chi connectivity index (χ1n) is 7.02. The van der Waals surface area contributed by atoms with Gasteiger partial charge in [0.05, 0.1) is 9.85 Å². The van der Waals surface area contributed by atoms with Crippen LogP contribution in [0.4, 0.5) is 11.4 Å². The van der Waals surface area contributed by atoms with Gasteiger partial charge >= 0.3 is 0 Å². The molecule has 1 heterocycles. The Bertz CT molecular complexity index is 747. The van der Waals surface area contributed by atoms with E-state index in [1.54, 1.807) is 24.3 Å². The molecule has 0 bridgehead atoms. The van der Waals surface area contributed by atoms with Crippen molar-refractivity contribution in [3.63, 3.8) is 0 Å². The van der Waals surface area contributed by atoms with Crippen LogP contribution < -0.4 is 5.32 Å². The normalized spacial score (nSPS) is 20.3. The minimum Gasteiger partial charge on any atom is -0.315 e. The second kappa shape index (κ2) is 6.11. The fourth-order valence-corrected chi connectivity index (χ4v) is 2.59. The van der Waals surface area contributed by atoms with E-state index in [-0.39, 0.29) is 23.7 Å². The summed E-state index contributed by atoms with van der Waals surface area (Å²) in [5.41, 5.74) is 1.63. The topological polar surface area (TPSA) is 112 Å². The van der Waals surface area contributed by atoms with Gasteiger partial charge in [0.25, 0.3) is 11.4 Å². The molecule has 2 aromatic rings. The molecule has 0 radical (unpaired) electrons. The maximum Gasteiger partial charge on any atom is 0.270 e. The molecular formula is C15H14N3O5+. The van der Waals surface area contributed by atoms with Crippen molar-refractivity contribution in [1.29, 1.82) is 0 Å². The maximum absolute atomic E-state index is 10.8. The molecule has 8 nitrogen and oxygen atoms in total. The van der Waals surface area contributed by atoms with Crippen LogP contribution in [0.5, 0.6) is 0 Å². The van der Waals surface area contributed by atoms with E-state index < -0.39 is 9.85 Å². The number of nitro groups is 2. The van der Waals surface area contributed by atoms with Gasteiger partial charge in [0.1, 0.15) is 12.6 Å². The minimum absolute atomic E-state index is 0.0262.